The van der Waals surface area contributed by atoms with Crippen LogP contribution in [0.1, 0.15) is 31.1 Å². The quantitative estimate of drug-likeness (QED) is 0.403. The molecule has 0 atom stereocenters. The van der Waals surface area contributed by atoms with Gasteiger partial charge in [0.2, 0.25) is 0 Å². The van der Waals surface area contributed by atoms with Crippen molar-refractivity contribution < 1.29 is 23.7 Å². The molecule has 0 aliphatic carbocycles. The molecule has 0 saturated heterocycles. The molecule has 1 heterocycles. The maximum absolute atomic E-state index is 13.0. The third-order valence-corrected chi connectivity index (χ3v) is 4.56. The summed E-state index contributed by atoms with van der Waals surface area (Å²) < 4.78 is 13.0. The number of amides is 3. The van der Waals surface area contributed by atoms with Gasteiger partial charge in [-0.05, 0) is 48.5 Å². The number of benzene rings is 3. The van der Waals surface area contributed by atoms with Crippen LogP contribution in [-0.4, -0.2) is 22.6 Å². The van der Waals surface area contributed by atoms with Gasteiger partial charge in [0.1, 0.15) is 11.4 Å². The number of halogens is 1. The zero-order valence-corrected chi connectivity index (χ0v) is 15.2. The minimum Gasteiger partial charge on any atom is -0.322 e. The van der Waals surface area contributed by atoms with Crippen LogP contribution in [0.2, 0.25) is 0 Å². The van der Waals surface area contributed by atoms with Crippen LogP contribution in [-0.2, 0) is 0 Å². The predicted octanol–water partition coefficient (Wildman–Crippen LogP) is 3.79. The molecule has 0 unspecified atom stereocenters. The number of hydrogen-bond donors (Lipinski definition) is 1. The lowest BCUT2D eigenvalue weighted by atomic mass is 10.1. The number of carbonyl (C=O) groups excluding carboxylic acids is 3. The van der Waals surface area contributed by atoms with Gasteiger partial charge in [0.15, 0.2) is 0 Å². The molecule has 3 aromatic carbocycles. The minimum absolute atomic E-state index is 0.0737. The van der Waals surface area contributed by atoms with E-state index in [2.05, 4.69) is 5.32 Å². The fourth-order valence-corrected chi connectivity index (χ4v) is 3.18. The van der Waals surface area contributed by atoms with Crippen molar-refractivity contribution in [3.05, 3.63) is 99.4 Å². The van der Waals surface area contributed by atoms with Crippen LogP contribution >= 0.6 is 0 Å². The molecule has 0 saturated carbocycles. The van der Waals surface area contributed by atoms with Gasteiger partial charge in [-0.3, -0.25) is 24.5 Å². The van der Waals surface area contributed by atoms with E-state index in [1.54, 1.807) is 0 Å². The van der Waals surface area contributed by atoms with Gasteiger partial charge in [-0.15, -0.1) is 0 Å². The van der Waals surface area contributed by atoms with E-state index in [-0.39, 0.29) is 22.4 Å². The zero-order valence-electron chi connectivity index (χ0n) is 15.2. The van der Waals surface area contributed by atoms with Crippen molar-refractivity contribution in [2.75, 3.05) is 10.2 Å². The van der Waals surface area contributed by atoms with Gasteiger partial charge in [0.25, 0.3) is 23.4 Å². The molecule has 3 amide bonds. The number of hydrogen-bond acceptors (Lipinski definition) is 5. The summed E-state index contributed by atoms with van der Waals surface area (Å²) >= 11 is 0. The third-order valence-electron chi connectivity index (χ3n) is 4.56. The summed E-state index contributed by atoms with van der Waals surface area (Å²) in [5.74, 6) is -2.53. The minimum atomic E-state index is -0.835. The lowest BCUT2D eigenvalue weighted by molar-refractivity contribution is -0.385. The van der Waals surface area contributed by atoms with Crippen molar-refractivity contribution in [1.82, 2.24) is 0 Å². The van der Waals surface area contributed by atoms with Gasteiger partial charge in [-0.1, -0.05) is 12.1 Å². The summed E-state index contributed by atoms with van der Waals surface area (Å²) in [7, 11) is 0. The van der Waals surface area contributed by atoms with Crippen molar-refractivity contribution in [2.45, 2.75) is 0 Å². The van der Waals surface area contributed by atoms with Crippen molar-refractivity contribution in [3.8, 4) is 0 Å². The maximum Gasteiger partial charge on any atom is 0.283 e. The lowest BCUT2D eigenvalue weighted by Crippen LogP contribution is -2.29. The molecule has 8 nitrogen and oxygen atoms in total. The van der Waals surface area contributed by atoms with Gasteiger partial charge >= 0.3 is 0 Å². The molecule has 4 rings (SSSR count). The lowest BCUT2D eigenvalue weighted by Gasteiger charge is -2.15. The fraction of sp³-hybridized carbons (Fsp3) is 0. The Morgan fingerprint density at radius 1 is 0.967 bits per heavy atom. The Labute approximate surface area is 168 Å². The van der Waals surface area contributed by atoms with Crippen LogP contribution in [0.4, 0.5) is 21.5 Å². The van der Waals surface area contributed by atoms with E-state index in [0.717, 1.165) is 11.0 Å². The average Bonchev–Trinajstić information content (AvgIpc) is 3.00. The number of fused-ring (bicyclic) bond motifs is 1. The predicted molar refractivity (Wildman–Crippen MR) is 105 cm³/mol. The molecule has 148 valence electrons. The van der Waals surface area contributed by atoms with Gasteiger partial charge in [-0.25, -0.2) is 9.29 Å². The van der Waals surface area contributed by atoms with E-state index in [1.165, 1.54) is 60.7 Å². The Bertz CT molecular complexity index is 1220. The van der Waals surface area contributed by atoms with Gasteiger partial charge in [0.05, 0.1) is 16.2 Å². The van der Waals surface area contributed by atoms with Crippen LogP contribution in [0, 0.1) is 15.9 Å². The van der Waals surface area contributed by atoms with E-state index in [0.29, 0.717) is 5.69 Å². The molecule has 1 aliphatic rings. The summed E-state index contributed by atoms with van der Waals surface area (Å²) in [5, 5.41) is 13.8. The second kappa shape index (κ2) is 7.21. The number of nitro benzene ring substituents is 1. The molecule has 9 heteroatoms. The monoisotopic (exact) mass is 405 g/mol. The Kier molecular flexibility index (Phi) is 4.55. The summed E-state index contributed by atoms with van der Waals surface area (Å²) in [6, 6.07) is 14.7. The van der Waals surface area contributed by atoms with E-state index < -0.39 is 34.1 Å². The van der Waals surface area contributed by atoms with Crippen molar-refractivity contribution in [3.63, 3.8) is 0 Å². The molecule has 30 heavy (non-hydrogen) atoms. The molecule has 0 bridgehead atoms. The standard InChI is InChI=1S/C21H12FN3O5/c22-13-7-9-14(10-8-13)23-19(26)12-3-1-4-15(11-12)24-20(27)16-5-2-6-17(25(29)30)18(16)21(24)28/h1-11H,(H,23,26). The molecule has 0 radical (unpaired) electrons. The highest BCUT2D eigenvalue weighted by Crippen LogP contribution is 2.34. The van der Waals surface area contributed by atoms with Crippen LogP contribution in [0.3, 0.4) is 0 Å². The number of anilines is 2. The Hall–Kier alpha value is -4.40. The first-order valence-electron chi connectivity index (χ1n) is 8.70. The smallest absolute Gasteiger partial charge is 0.283 e. The molecule has 0 fully saturated rings. The van der Waals surface area contributed by atoms with Crippen molar-refractivity contribution >= 4 is 34.8 Å². The zero-order chi connectivity index (χ0) is 21.4. The van der Waals surface area contributed by atoms with Crippen LogP contribution in [0.5, 0.6) is 0 Å². The summed E-state index contributed by atoms with van der Waals surface area (Å²) in [5.41, 5.74) is -0.212. The highest BCUT2D eigenvalue weighted by molar-refractivity contribution is 6.35. The number of nitrogens with one attached hydrogen (secondary N) is 1. The number of nitrogens with zero attached hydrogens (tertiary/aromatic N) is 2. The normalized spacial score (nSPS) is 12.6. The van der Waals surface area contributed by atoms with E-state index in [9.17, 15) is 28.9 Å². The molecule has 1 aliphatic heterocycles. The van der Waals surface area contributed by atoms with Crippen LogP contribution < -0.4 is 10.2 Å². The third kappa shape index (κ3) is 3.18. The first-order valence-corrected chi connectivity index (χ1v) is 8.70. The topological polar surface area (TPSA) is 110 Å². The average molecular weight is 405 g/mol. The Morgan fingerprint density at radius 2 is 1.67 bits per heavy atom. The molecule has 1 N–H and O–H groups in total. The van der Waals surface area contributed by atoms with Gasteiger partial charge in [-0.2, -0.15) is 0 Å². The van der Waals surface area contributed by atoms with Gasteiger partial charge < -0.3 is 5.32 Å². The molecule has 0 spiro atoms. The number of nitro groups is 1. The highest BCUT2D eigenvalue weighted by atomic mass is 19.1. The first kappa shape index (κ1) is 18.9. The van der Waals surface area contributed by atoms with Crippen molar-refractivity contribution in [1.29, 1.82) is 0 Å². The van der Waals surface area contributed by atoms with Gasteiger partial charge in [0, 0.05) is 17.3 Å². The second-order valence-corrected chi connectivity index (χ2v) is 6.41. The number of carbonyl (C=O) groups is 3. The molecule has 0 aromatic heterocycles. The molecule has 3 aromatic rings. The number of imide groups is 1. The van der Waals surface area contributed by atoms with E-state index >= 15 is 0 Å². The van der Waals surface area contributed by atoms with E-state index in [4.69, 9.17) is 0 Å². The molecular formula is C21H12FN3O5. The summed E-state index contributed by atoms with van der Waals surface area (Å²) in [4.78, 5) is 49.4. The SMILES string of the molecule is O=C(Nc1ccc(F)cc1)c1cccc(N2C(=O)c3cccc([N+](=O)[O-])c3C2=O)c1. The highest BCUT2D eigenvalue weighted by Gasteiger charge is 2.41. The van der Waals surface area contributed by atoms with Crippen LogP contribution in [0.15, 0.2) is 66.7 Å². The van der Waals surface area contributed by atoms with Crippen LogP contribution in [0.25, 0.3) is 0 Å². The van der Waals surface area contributed by atoms with Crippen molar-refractivity contribution in [2.24, 2.45) is 0 Å². The molecular weight excluding hydrogens is 393 g/mol. The summed E-state index contributed by atoms with van der Waals surface area (Å²) in [6.45, 7) is 0. The fourth-order valence-electron chi connectivity index (χ4n) is 3.18. The van der Waals surface area contributed by atoms with E-state index in [1.807, 2.05) is 0 Å². The maximum atomic E-state index is 13.0. The number of rotatable bonds is 4. The Balaban J connectivity index is 1.66. The Morgan fingerprint density at radius 3 is 2.37 bits per heavy atom. The second-order valence-electron chi connectivity index (χ2n) is 6.41. The largest absolute Gasteiger partial charge is 0.322 e. The summed E-state index contributed by atoms with van der Waals surface area (Å²) in [6.07, 6.45) is 0. The first-order chi connectivity index (χ1) is 14.4.